The Hall–Kier alpha value is -1.63. The molecule has 2 N–H and O–H groups in total. The van der Waals surface area contributed by atoms with Crippen LogP contribution in [-0.4, -0.2) is 40.6 Å². The minimum absolute atomic E-state index is 0.131. The van der Waals surface area contributed by atoms with Crippen molar-refractivity contribution in [2.75, 3.05) is 13.6 Å². The van der Waals surface area contributed by atoms with Crippen LogP contribution < -0.4 is 5.32 Å². The smallest absolute Gasteiger partial charge is 0.317 e. The molecule has 1 unspecified atom stereocenters. The lowest BCUT2D eigenvalue weighted by Crippen LogP contribution is -2.39. The summed E-state index contributed by atoms with van der Waals surface area (Å²) in [7, 11) is 1.70. The third kappa shape index (κ3) is 6.19. The standard InChI is InChI=1S/C12H19N3O3S/c1-9(3-4-11(16)17)5-13-12(18)15(2)6-10-7-19-8-14-10/h7-9H,3-6H2,1-2H3,(H,13,18)(H,16,17). The van der Waals surface area contributed by atoms with Gasteiger partial charge in [0, 0.05) is 25.4 Å². The van der Waals surface area contributed by atoms with Gasteiger partial charge in [0.2, 0.25) is 0 Å². The summed E-state index contributed by atoms with van der Waals surface area (Å²) in [6.45, 7) is 2.87. The molecule has 1 heterocycles. The fourth-order valence-electron chi connectivity index (χ4n) is 1.50. The Morgan fingerprint density at radius 1 is 1.58 bits per heavy atom. The molecule has 6 nitrogen and oxygen atoms in total. The third-order valence-electron chi connectivity index (χ3n) is 2.68. The Bertz CT molecular complexity index is 408. The van der Waals surface area contributed by atoms with Crippen LogP contribution in [0.3, 0.4) is 0 Å². The molecular formula is C12H19N3O3S. The lowest BCUT2D eigenvalue weighted by molar-refractivity contribution is -0.137. The first-order chi connectivity index (χ1) is 8.99. The summed E-state index contributed by atoms with van der Waals surface area (Å²) in [6, 6.07) is -0.171. The molecule has 0 spiro atoms. The van der Waals surface area contributed by atoms with Gasteiger partial charge in [-0.25, -0.2) is 9.78 Å². The molecule has 1 rings (SSSR count). The van der Waals surface area contributed by atoms with Crippen LogP contribution in [-0.2, 0) is 11.3 Å². The van der Waals surface area contributed by atoms with Gasteiger partial charge in [-0.1, -0.05) is 6.92 Å². The monoisotopic (exact) mass is 285 g/mol. The van der Waals surface area contributed by atoms with Crippen molar-refractivity contribution in [3.63, 3.8) is 0 Å². The van der Waals surface area contributed by atoms with E-state index in [9.17, 15) is 9.59 Å². The van der Waals surface area contributed by atoms with E-state index >= 15 is 0 Å². The molecular weight excluding hydrogens is 266 g/mol. The second kappa shape index (κ2) is 7.73. The van der Waals surface area contributed by atoms with E-state index in [1.165, 1.54) is 11.3 Å². The van der Waals surface area contributed by atoms with E-state index in [2.05, 4.69) is 10.3 Å². The van der Waals surface area contributed by atoms with Gasteiger partial charge in [-0.2, -0.15) is 0 Å². The molecule has 0 aliphatic rings. The van der Waals surface area contributed by atoms with Gasteiger partial charge in [-0.05, 0) is 12.3 Å². The molecule has 7 heteroatoms. The summed E-state index contributed by atoms with van der Waals surface area (Å²) < 4.78 is 0. The Kier molecular flexibility index (Phi) is 6.27. The SMILES string of the molecule is CC(CCC(=O)O)CNC(=O)N(C)Cc1cscn1. The van der Waals surface area contributed by atoms with Gasteiger partial charge in [0.1, 0.15) is 0 Å². The summed E-state index contributed by atoms with van der Waals surface area (Å²) in [4.78, 5) is 27.9. The average Bonchev–Trinajstić information content (AvgIpc) is 2.86. The maximum absolute atomic E-state index is 11.8. The highest BCUT2D eigenvalue weighted by molar-refractivity contribution is 7.07. The number of rotatable bonds is 7. The second-order valence-electron chi connectivity index (χ2n) is 4.56. The highest BCUT2D eigenvalue weighted by Gasteiger charge is 2.12. The lowest BCUT2D eigenvalue weighted by atomic mass is 10.1. The molecule has 0 aliphatic heterocycles. The zero-order valence-electron chi connectivity index (χ0n) is 11.1. The number of carboxylic acids is 1. The fourth-order valence-corrected chi connectivity index (χ4v) is 2.05. The van der Waals surface area contributed by atoms with Gasteiger partial charge in [0.15, 0.2) is 0 Å². The van der Waals surface area contributed by atoms with Gasteiger partial charge >= 0.3 is 12.0 Å². The van der Waals surface area contributed by atoms with E-state index in [4.69, 9.17) is 5.11 Å². The van der Waals surface area contributed by atoms with Crippen LogP contribution in [0.15, 0.2) is 10.9 Å². The first kappa shape index (κ1) is 15.4. The maximum atomic E-state index is 11.8. The van der Waals surface area contributed by atoms with Crippen molar-refractivity contribution in [3.05, 3.63) is 16.6 Å². The Balaban J connectivity index is 2.24. The third-order valence-corrected chi connectivity index (χ3v) is 3.32. The van der Waals surface area contributed by atoms with Crippen molar-refractivity contribution in [2.45, 2.75) is 26.3 Å². The van der Waals surface area contributed by atoms with E-state index < -0.39 is 5.97 Å². The van der Waals surface area contributed by atoms with E-state index in [1.807, 2.05) is 12.3 Å². The van der Waals surface area contributed by atoms with Gasteiger partial charge in [-0.3, -0.25) is 4.79 Å². The quantitative estimate of drug-likeness (QED) is 0.800. The van der Waals surface area contributed by atoms with Crippen LogP contribution in [0.4, 0.5) is 4.79 Å². The molecule has 2 amide bonds. The summed E-state index contributed by atoms with van der Waals surface area (Å²) in [5, 5.41) is 13.3. The first-order valence-corrected chi connectivity index (χ1v) is 7.01. The predicted octanol–water partition coefficient (Wildman–Crippen LogP) is 1.79. The molecule has 19 heavy (non-hydrogen) atoms. The van der Waals surface area contributed by atoms with Crippen molar-refractivity contribution in [2.24, 2.45) is 5.92 Å². The average molecular weight is 285 g/mol. The number of hydrogen-bond donors (Lipinski definition) is 2. The van der Waals surface area contributed by atoms with Crippen molar-refractivity contribution in [3.8, 4) is 0 Å². The minimum Gasteiger partial charge on any atom is -0.481 e. The Morgan fingerprint density at radius 2 is 2.32 bits per heavy atom. The Labute approximate surface area is 116 Å². The van der Waals surface area contributed by atoms with Crippen LogP contribution in [0.5, 0.6) is 0 Å². The zero-order chi connectivity index (χ0) is 14.3. The minimum atomic E-state index is -0.807. The molecule has 0 saturated heterocycles. The van der Waals surface area contributed by atoms with Crippen molar-refractivity contribution >= 4 is 23.3 Å². The molecule has 0 bridgehead atoms. The molecule has 0 aliphatic carbocycles. The van der Waals surface area contributed by atoms with Gasteiger partial charge in [0.05, 0.1) is 17.7 Å². The number of urea groups is 1. The van der Waals surface area contributed by atoms with Crippen LogP contribution in [0.2, 0.25) is 0 Å². The molecule has 106 valence electrons. The van der Waals surface area contributed by atoms with Gasteiger partial charge < -0.3 is 15.3 Å². The van der Waals surface area contributed by atoms with Crippen LogP contribution in [0.25, 0.3) is 0 Å². The lowest BCUT2D eigenvalue weighted by Gasteiger charge is -2.18. The van der Waals surface area contributed by atoms with Crippen molar-refractivity contribution in [1.82, 2.24) is 15.2 Å². The highest BCUT2D eigenvalue weighted by Crippen LogP contribution is 2.06. The van der Waals surface area contributed by atoms with Crippen molar-refractivity contribution < 1.29 is 14.7 Å². The number of carbonyl (C=O) groups is 2. The number of amides is 2. The largest absolute Gasteiger partial charge is 0.481 e. The number of aromatic nitrogens is 1. The summed E-state index contributed by atoms with van der Waals surface area (Å²) in [6.07, 6.45) is 0.692. The number of thiazole rings is 1. The molecule has 0 saturated carbocycles. The topological polar surface area (TPSA) is 82.5 Å². The number of nitrogens with one attached hydrogen (secondary N) is 1. The number of aliphatic carboxylic acids is 1. The van der Waals surface area contributed by atoms with E-state index in [-0.39, 0.29) is 18.4 Å². The summed E-state index contributed by atoms with van der Waals surface area (Å²) in [5.74, 6) is -0.661. The first-order valence-electron chi connectivity index (χ1n) is 6.07. The maximum Gasteiger partial charge on any atom is 0.317 e. The number of hydrogen-bond acceptors (Lipinski definition) is 4. The van der Waals surface area contributed by atoms with E-state index in [0.717, 1.165) is 5.69 Å². The van der Waals surface area contributed by atoms with E-state index in [0.29, 0.717) is 19.5 Å². The number of nitrogens with zero attached hydrogens (tertiary/aromatic N) is 2. The number of carboxylic acid groups (broad SMARTS) is 1. The number of carbonyl (C=O) groups excluding carboxylic acids is 1. The molecule has 1 aromatic rings. The molecule has 1 aromatic heterocycles. The van der Waals surface area contributed by atoms with E-state index in [1.54, 1.807) is 17.5 Å². The fraction of sp³-hybridized carbons (Fsp3) is 0.583. The summed E-state index contributed by atoms with van der Waals surface area (Å²) in [5.41, 5.74) is 2.59. The van der Waals surface area contributed by atoms with Gasteiger partial charge in [-0.15, -0.1) is 11.3 Å². The normalized spacial score (nSPS) is 11.9. The van der Waals surface area contributed by atoms with Crippen LogP contribution in [0.1, 0.15) is 25.5 Å². The molecule has 0 radical (unpaired) electrons. The predicted molar refractivity (Wildman–Crippen MR) is 73.0 cm³/mol. The highest BCUT2D eigenvalue weighted by atomic mass is 32.1. The van der Waals surface area contributed by atoms with Crippen molar-refractivity contribution in [1.29, 1.82) is 0 Å². The second-order valence-corrected chi connectivity index (χ2v) is 5.28. The Morgan fingerprint density at radius 3 is 2.89 bits per heavy atom. The summed E-state index contributed by atoms with van der Waals surface area (Å²) >= 11 is 1.50. The van der Waals surface area contributed by atoms with Crippen LogP contribution >= 0.6 is 11.3 Å². The van der Waals surface area contributed by atoms with Gasteiger partial charge in [0.25, 0.3) is 0 Å². The molecule has 0 fully saturated rings. The molecule has 1 atom stereocenters. The van der Waals surface area contributed by atoms with Crippen LogP contribution in [0, 0.1) is 5.92 Å². The zero-order valence-corrected chi connectivity index (χ0v) is 11.9. The molecule has 0 aromatic carbocycles.